The molecular formula is C10H17N5O3S. The number of sulfonamides is 1. The number of carbonyl (C=O) groups excluding carboxylic acids is 1. The van der Waals surface area contributed by atoms with Gasteiger partial charge in [-0.2, -0.15) is 5.10 Å². The molecule has 0 unspecified atom stereocenters. The Morgan fingerprint density at radius 3 is 2.89 bits per heavy atom. The van der Waals surface area contributed by atoms with Crippen LogP contribution in [-0.2, 0) is 17.1 Å². The summed E-state index contributed by atoms with van der Waals surface area (Å²) >= 11 is 0. The van der Waals surface area contributed by atoms with E-state index in [4.69, 9.17) is 0 Å². The molecule has 8 nitrogen and oxygen atoms in total. The number of rotatable bonds is 4. The first kappa shape index (κ1) is 13.8. The van der Waals surface area contributed by atoms with E-state index in [1.165, 1.54) is 10.5 Å². The number of anilines is 1. The highest BCUT2D eigenvalue weighted by Crippen LogP contribution is 2.11. The molecule has 9 heteroatoms. The van der Waals surface area contributed by atoms with Crippen LogP contribution in [0.4, 0.5) is 10.5 Å². The molecule has 0 aliphatic carbocycles. The maximum Gasteiger partial charge on any atom is 0.319 e. The number of amides is 2. The van der Waals surface area contributed by atoms with Crippen molar-refractivity contribution in [3.05, 3.63) is 12.4 Å². The van der Waals surface area contributed by atoms with E-state index >= 15 is 0 Å². The number of nitrogens with zero attached hydrogens (tertiary/aromatic N) is 3. The second kappa shape index (κ2) is 5.57. The van der Waals surface area contributed by atoms with Crippen molar-refractivity contribution in [1.29, 1.82) is 0 Å². The standard InChI is InChI=1S/C10H17N5O3S/c1-14-8-9(7-12-14)13-10(16)11-3-5-15-4-2-6-19(15,17)18/h7-8H,2-6H2,1H3,(H2,11,13,16). The molecule has 2 N–H and O–H groups in total. The van der Waals surface area contributed by atoms with Crippen molar-refractivity contribution in [2.24, 2.45) is 7.05 Å². The zero-order valence-electron chi connectivity index (χ0n) is 10.7. The van der Waals surface area contributed by atoms with Gasteiger partial charge in [-0.1, -0.05) is 0 Å². The van der Waals surface area contributed by atoms with E-state index in [-0.39, 0.29) is 18.3 Å². The van der Waals surface area contributed by atoms with E-state index in [0.717, 1.165) is 0 Å². The largest absolute Gasteiger partial charge is 0.337 e. The van der Waals surface area contributed by atoms with Gasteiger partial charge in [-0.25, -0.2) is 17.5 Å². The zero-order valence-corrected chi connectivity index (χ0v) is 11.5. The van der Waals surface area contributed by atoms with Gasteiger partial charge in [0.2, 0.25) is 10.0 Å². The number of hydrogen-bond acceptors (Lipinski definition) is 4. The highest BCUT2D eigenvalue weighted by molar-refractivity contribution is 7.89. The van der Waals surface area contributed by atoms with Gasteiger partial charge in [0.1, 0.15) is 0 Å². The quantitative estimate of drug-likeness (QED) is 0.786. The van der Waals surface area contributed by atoms with Crippen LogP contribution >= 0.6 is 0 Å². The van der Waals surface area contributed by atoms with Gasteiger partial charge in [-0.05, 0) is 6.42 Å². The lowest BCUT2D eigenvalue weighted by atomic mass is 10.5. The average Bonchev–Trinajstić information content (AvgIpc) is 2.86. The molecule has 2 rings (SSSR count). The molecule has 19 heavy (non-hydrogen) atoms. The van der Waals surface area contributed by atoms with Crippen LogP contribution in [0, 0.1) is 0 Å². The van der Waals surface area contributed by atoms with Crippen molar-refractivity contribution in [2.75, 3.05) is 30.7 Å². The van der Waals surface area contributed by atoms with Gasteiger partial charge in [-0.15, -0.1) is 0 Å². The van der Waals surface area contributed by atoms with E-state index in [1.807, 2.05) is 0 Å². The molecule has 106 valence electrons. The molecule has 1 aromatic rings. The third-order valence-electron chi connectivity index (χ3n) is 2.81. The molecule has 2 heterocycles. The van der Waals surface area contributed by atoms with E-state index < -0.39 is 10.0 Å². The lowest BCUT2D eigenvalue weighted by molar-refractivity contribution is 0.251. The molecule has 0 saturated carbocycles. The maximum atomic E-state index is 11.5. The van der Waals surface area contributed by atoms with Crippen molar-refractivity contribution >= 4 is 21.7 Å². The Bertz CT molecular complexity index is 553. The SMILES string of the molecule is Cn1cc(NC(=O)NCCN2CCCS2(=O)=O)cn1. The number of nitrogens with one attached hydrogen (secondary N) is 2. The van der Waals surface area contributed by atoms with Gasteiger partial charge in [0.15, 0.2) is 0 Å². The Morgan fingerprint density at radius 1 is 1.53 bits per heavy atom. The Labute approximate surface area is 111 Å². The fourth-order valence-corrected chi connectivity index (χ4v) is 3.43. The molecule has 0 bridgehead atoms. The number of carbonyl (C=O) groups is 1. The molecule has 1 saturated heterocycles. The van der Waals surface area contributed by atoms with Gasteiger partial charge in [0.25, 0.3) is 0 Å². The molecular weight excluding hydrogens is 270 g/mol. The van der Waals surface area contributed by atoms with Crippen LogP contribution in [0.1, 0.15) is 6.42 Å². The topological polar surface area (TPSA) is 96.3 Å². The van der Waals surface area contributed by atoms with Crippen LogP contribution < -0.4 is 10.6 Å². The van der Waals surface area contributed by atoms with Crippen molar-refractivity contribution in [3.63, 3.8) is 0 Å². The normalized spacial score (nSPS) is 18.4. The van der Waals surface area contributed by atoms with Gasteiger partial charge >= 0.3 is 6.03 Å². The second-order valence-corrected chi connectivity index (χ2v) is 6.44. The van der Waals surface area contributed by atoms with E-state index in [9.17, 15) is 13.2 Å². The molecule has 0 atom stereocenters. The minimum atomic E-state index is -3.09. The molecule has 0 aromatic carbocycles. The summed E-state index contributed by atoms with van der Waals surface area (Å²) in [6.07, 6.45) is 3.86. The van der Waals surface area contributed by atoms with E-state index in [1.54, 1.807) is 17.9 Å². The highest BCUT2D eigenvalue weighted by atomic mass is 32.2. The second-order valence-electron chi connectivity index (χ2n) is 4.35. The monoisotopic (exact) mass is 287 g/mol. The summed E-state index contributed by atoms with van der Waals surface area (Å²) in [7, 11) is -1.34. The summed E-state index contributed by atoms with van der Waals surface area (Å²) in [5.41, 5.74) is 0.591. The van der Waals surface area contributed by atoms with Crippen LogP contribution in [0.5, 0.6) is 0 Å². The van der Waals surface area contributed by atoms with Crippen molar-refractivity contribution in [1.82, 2.24) is 19.4 Å². The van der Waals surface area contributed by atoms with Gasteiger partial charge in [-0.3, -0.25) is 4.68 Å². The third kappa shape index (κ3) is 3.67. The molecule has 0 spiro atoms. The lowest BCUT2D eigenvalue weighted by Gasteiger charge is -2.14. The Balaban J connectivity index is 1.72. The smallest absolute Gasteiger partial charge is 0.319 e. The first-order valence-electron chi connectivity index (χ1n) is 5.99. The number of urea groups is 1. The summed E-state index contributed by atoms with van der Waals surface area (Å²) < 4.78 is 26.0. The predicted octanol–water partition coefficient (Wildman–Crippen LogP) is -0.423. The van der Waals surface area contributed by atoms with Crippen molar-refractivity contribution in [2.45, 2.75) is 6.42 Å². The van der Waals surface area contributed by atoms with Crippen LogP contribution in [0.25, 0.3) is 0 Å². The number of aromatic nitrogens is 2. The third-order valence-corrected chi connectivity index (χ3v) is 4.77. The average molecular weight is 287 g/mol. The molecule has 1 aliphatic heterocycles. The minimum absolute atomic E-state index is 0.203. The first-order chi connectivity index (χ1) is 8.97. The molecule has 2 amide bonds. The van der Waals surface area contributed by atoms with Crippen molar-refractivity contribution in [3.8, 4) is 0 Å². The summed E-state index contributed by atoms with van der Waals surface area (Å²) in [5, 5.41) is 9.14. The van der Waals surface area contributed by atoms with Crippen LogP contribution in [0.2, 0.25) is 0 Å². The van der Waals surface area contributed by atoms with E-state index in [0.29, 0.717) is 25.2 Å². The molecule has 0 radical (unpaired) electrons. The van der Waals surface area contributed by atoms with Gasteiger partial charge in [0, 0.05) is 32.9 Å². The zero-order chi connectivity index (χ0) is 13.9. The highest BCUT2D eigenvalue weighted by Gasteiger charge is 2.27. The predicted molar refractivity (Wildman–Crippen MR) is 70.2 cm³/mol. The maximum absolute atomic E-state index is 11.5. The van der Waals surface area contributed by atoms with Crippen LogP contribution in [0.15, 0.2) is 12.4 Å². The van der Waals surface area contributed by atoms with E-state index in [2.05, 4.69) is 15.7 Å². The van der Waals surface area contributed by atoms with Crippen molar-refractivity contribution < 1.29 is 13.2 Å². The Morgan fingerprint density at radius 2 is 2.32 bits per heavy atom. The number of aryl methyl sites for hydroxylation is 1. The summed E-state index contributed by atoms with van der Waals surface area (Å²) in [6.45, 7) is 1.13. The summed E-state index contributed by atoms with van der Waals surface area (Å²) in [5.74, 6) is 0.203. The van der Waals surface area contributed by atoms with Gasteiger partial charge < -0.3 is 10.6 Å². The summed E-state index contributed by atoms with van der Waals surface area (Å²) in [4.78, 5) is 11.5. The Hall–Kier alpha value is -1.61. The van der Waals surface area contributed by atoms with Gasteiger partial charge in [0.05, 0.1) is 17.6 Å². The van der Waals surface area contributed by atoms with Crippen LogP contribution in [0.3, 0.4) is 0 Å². The van der Waals surface area contributed by atoms with Crippen LogP contribution in [-0.4, -0.2) is 53.9 Å². The number of hydrogen-bond donors (Lipinski definition) is 2. The molecule has 1 fully saturated rings. The molecule has 1 aromatic heterocycles. The Kier molecular flexibility index (Phi) is 4.05. The lowest BCUT2D eigenvalue weighted by Crippen LogP contribution is -2.37. The fourth-order valence-electron chi connectivity index (χ4n) is 1.90. The first-order valence-corrected chi connectivity index (χ1v) is 7.59. The molecule has 1 aliphatic rings. The summed E-state index contributed by atoms with van der Waals surface area (Å²) in [6, 6.07) is -0.371. The minimum Gasteiger partial charge on any atom is -0.337 e. The fraction of sp³-hybridized carbons (Fsp3) is 0.600.